The minimum atomic E-state index is -3.62. The molecule has 0 amide bonds. The number of hydrogen-bond acceptors (Lipinski definition) is 6. The fourth-order valence-corrected chi connectivity index (χ4v) is 0.474. The summed E-state index contributed by atoms with van der Waals surface area (Å²) in [6, 6.07) is 0. The molecule has 0 saturated carbocycles. The predicted molar refractivity (Wildman–Crippen MR) is 37.2 cm³/mol. The molecule has 0 heterocycles. The number of carbonyl (C=O) groups is 1. The highest BCUT2D eigenvalue weighted by Gasteiger charge is 2.29. The standard InChI is InChI=1S/C6H12O6/c7-1-3(9)5(11)6(12)4(10)2-8/h1,3-6,8-12H,2H2/t3-,4+,5+,6-/m0/s1/i1D,3D,5D. The first-order valence-electron chi connectivity index (χ1n) is 4.51. The second-order valence-electron chi connectivity index (χ2n) is 2.03. The Morgan fingerprint density at radius 2 is 1.92 bits per heavy atom. The molecular formula is C6H12O6. The van der Waals surface area contributed by atoms with Crippen LogP contribution in [0.4, 0.5) is 0 Å². The van der Waals surface area contributed by atoms with Crippen LogP contribution in [0.15, 0.2) is 0 Å². The predicted octanol–water partition coefficient (Wildman–Crippen LogP) is -3.38. The van der Waals surface area contributed by atoms with Crippen molar-refractivity contribution in [2.24, 2.45) is 0 Å². The van der Waals surface area contributed by atoms with Crippen molar-refractivity contribution in [3.05, 3.63) is 0 Å². The van der Waals surface area contributed by atoms with Crippen molar-refractivity contribution < 1.29 is 34.4 Å². The van der Waals surface area contributed by atoms with E-state index in [1.807, 2.05) is 0 Å². The number of aliphatic hydroxyl groups is 5. The number of hydrogen-bond donors (Lipinski definition) is 5. The van der Waals surface area contributed by atoms with E-state index in [1.54, 1.807) is 0 Å². The van der Waals surface area contributed by atoms with Crippen LogP contribution >= 0.6 is 0 Å². The lowest BCUT2D eigenvalue weighted by molar-refractivity contribution is -0.136. The fraction of sp³-hybridized carbons (Fsp3) is 0.833. The van der Waals surface area contributed by atoms with Gasteiger partial charge in [0.05, 0.1) is 9.35 Å². The highest BCUT2D eigenvalue weighted by molar-refractivity contribution is 5.56. The lowest BCUT2D eigenvalue weighted by Crippen LogP contribution is -2.46. The number of rotatable bonds is 5. The lowest BCUT2D eigenvalue weighted by Gasteiger charge is -2.22. The zero-order valence-corrected chi connectivity index (χ0v) is 6.01. The zero-order valence-electron chi connectivity index (χ0n) is 9.01. The van der Waals surface area contributed by atoms with Crippen LogP contribution in [0.5, 0.6) is 0 Å². The molecule has 0 aliphatic heterocycles. The first kappa shape index (κ1) is 6.93. The van der Waals surface area contributed by atoms with Crippen molar-refractivity contribution in [3.63, 3.8) is 0 Å². The topological polar surface area (TPSA) is 118 Å². The summed E-state index contributed by atoms with van der Waals surface area (Å²) < 4.78 is 20.2. The van der Waals surface area contributed by atoms with Gasteiger partial charge in [-0.15, -0.1) is 0 Å². The highest BCUT2D eigenvalue weighted by atomic mass is 16.4. The maximum atomic E-state index is 10.4. The zero-order chi connectivity index (χ0) is 12.4. The van der Waals surface area contributed by atoms with Crippen molar-refractivity contribution in [2.45, 2.75) is 24.4 Å². The molecule has 72 valence electrons. The molecule has 0 aliphatic carbocycles. The third-order valence-corrected chi connectivity index (χ3v) is 1.17. The molecule has 0 spiro atoms. The first-order chi connectivity index (χ1) is 6.59. The molecule has 0 radical (unpaired) electrons. The smallest absolute Gasteiger partial charge is 0.151 e. The summed E-state index contributed by atoms with van der Waals surface area (Å²) in [4.78, 5) is 10.4. The van der Waals surface area contributed by atoms with Gasteiger partial charge in [0.1, 0.15) is 25.7 Å². The molecule has 0 aromatic heterocycles. The quantitative estimate of drug-likeness (QED) is 0.284. The average Bonchev–Trinajstić information content (AvgIpc) is 2.14. The fourth-order valence-electron chi connectivity index (χ4n) is 0.474. The number of aliphatic hydroxyl groups excluding tert-OH is 3. The van der Waals surface area contributed by atoms with Crippen LogP contribution in [0.1, 0.15) is 4.11 Å². The minimum Gasteiger partial charge on any atom is -0.394 e. The molecule has 0 aliphatic rings. The Labute approximate surface area is 72.9 Å². The van der Waals surface area contributed by atoms with Crippen molar-refractivity contribution >= 4 is 6.26 Å². The molecule has 0 aromatic carbocycles. The molecule has 0 rings (SSSR count). The Balaban J connectivity index is 5.04. The van der Waals surface area contributed by atoms with Gasteiger partial charge in [0.25, 0.3) is 0 Å². The molecule has 0 fully saturated rings. The minimum absolute atomic E-state index is 1.05. The van der Waals surface area contributed by atoms with E-state index in [9.17, 15) is 4.79 Å². The van der Waals surface area contributed by atoms with E-state index in [1.165, 1.54) is 0 Å². The Morgan fingerprint density at radius 3 is 2.25 bits per heavy atom. The van der Waals surface area contributed by atoms with Crippen molar-refractivity contribution in [2.75, 3.05) is 6.61 Å². The maximum absolute atomic E-state index is 10.4. The molecule has 0 saturated heterocycles. The average molecular weight is 183 g/mol. The van der Waals surface area contributed by atoms with E-state index in [0.717, 1.165) is 0 Å². The van der Waals surface area contributed by atoms with Gasteiger partial charge in [-0.2, -0.15) is 0 Å². The van der Waals surface area contributed by atoms with Gasteiger partial charge >= 0.3 is 0 Å². The van der Waals surface area contributed by atoms with Gasteiger partial charge in [-0.05, 0) is 0 Å². The van der Waals surface area contributed by atoms with Crippen molar-refractivity contribution in [3.8, 4) is 0 Å². The summed E-state index contributed by atoms with van der Waals surface area (Å²) in [6.07, 6.45) is -13.7. The lowest BCUT2D eigenvalue weighted by atomic mass is 10.0. The first-order valence-corrected chi connectivity index (χ1v) is 3.01. The Bertz CT molecular complexity index is 243. The van der Waals surface area contributed by atoms with E-state index >= 15 is 0 Å². The highest BCUT2D eigenvalue weighted by Crippen LogP contribution is 2.02. The van der Waals surface area contributed by atoms with Gasteiger partial charge < -0.3 is 30.3 Å². The van der Waals surface area contributed by atoms with Crippen molar-refractivity contribution in [1.82, 2.24) is 0 Å². The SMILES string of the molecule is [2H]C(=O)[C@]([2H])(O)[C@@]([2H])(O)[C@@H](O)[C@H](O)CO. The number of carbonyl (C=O) groups excluding carboxylic acids is 1. The summed E-state index contributed by atoms with van der Waals surface area (Å²) in [5.74, 6) is 0. The second kappa shape index (κ2) is 5.18. The van der Waals surface area contributed by atoms with Gasteiger partial charge in [-0.1, -0.05) is 0 Å². The van der Waals surface area contributed by atoms with Crippen molar-refractivity contribution in [1.29, 1.82) is 0 Å². The van der Waals surface area contributed by atoms with E-state index in [2.05, 4.69) is 0 Å². The van der Waals surface area contributed by atoms with E-state index < -0.39 is 37.2 Å². The van der Waals surface area contributed by atoms with Crippen LogP contribution in [0, 0.1) is 0 Å². The van der Waals surface area contributed by atoms with Gasteiger partial charge in [-0.3, -0.25) is 0 Å². The third kappa shape index (κ3) is 2.84. The Morgan fingerprint density at radius 1 is 1.42 bits per heavy atom. The maximum Gasteiger partial charge on any atom is 0.151 e. The van der Waals surface area contributed by atoms with Gasteiger partial charge in [0.2, 0.25) is 0 Å². The molecule has 12 heavy (non-hydrogen) atoms. The normalized spacial score (nSPS) is 29.9. The summed E-state index contributed by atoms with van der Waals surface area (Å²) in [7, 11) is 0. The number of aldehydes is 1. The molecule has 6 nitrogen and oxygen atoms in total. The van der Waals surface area contributed by atoms with Crippen LogP contribution in [-0.2, 0) is 4.79 Å². The van der Waals surface area contributed by atoms with E-state index in [4.69, 9.17) is 29.6 Å². The van der Waals surface area contributed by atoms with Crippen LogP contribution in [0.2, 0.25) is 0 Å². The molecule has 5 N–H and O–H groups in total. The van der Waals surface area contributed by atoms with E-state index in [0.29, 0.717) is 0 Å². The van der Waals surface area contributed by atoms with Crippen LogP contribution in [0.3, 0.4) is 0 Å². The van der Waals surface area contributed by atoms with Crippen LogP contribution < -0.4 is 0 Å². The Kier molecular flexibility index (Phi) is 2.99. The molecule has 4 atom stereocenters. The Hall–Kier alpha value is -0.530. The molecule has 0 aromatic rings. The van der Waals surface area contributed by atoms with E-state index in [-0.39, 0.29) is 0 Å². The van der Waals surface area contributed by atoms with Crippen LogP contribution in [-0.4, -0.2) is 62.8 Å². The molecular weight excluding hydrogens is 168 g/mol. The molecule has 0 bridgehead atoms. The largest absolute Gasteiger partial charge is 0.394 e. The van der Waals surface area contributed by atoms with Gasteiger partial charge in [0.15, 0.2) is 6.26 Å². The second-order valence-corrected chi connectivity index (χ2v) is 2.03. The molecule has 6 heteroatoms. The summed E-state index contributed by atoms with van der Waals surface area (Å²) >= 11 is 0. The van der Waals surface area contributed by atoms with Crippen LogP contribution in [0.25, 0.3) is 0 Å². The van der Waals surface area contributed by atoms with Gasteiger partial charge in [-0.25, -0.2) is 0 Å². The summed E-state index contributed by atoms with van der Waals surface area (Å²) in [5.41, 5.74) is 0. The molecule has 0 unspecified atom stereocenters. The monoisotopic (exact) mass is 183 g/mol. The van der Waals surface area contributed by atoms with Gasteiger partial charge in [0, 0.05) is 0 Å². The summed E-state index contributed by atoms with van der Waals surface area (Å²) in [6.45, 7) is -1.05. The third-order valence-electron chi connectivity index (χ3n) is 1.17. The summed E-state index contributed by atoms with van der Waals surface area (Å²) in [5, 5.41) is 44.4.